The second-order valence-electron chi connectivity index (χ2n) is 4.49. The fourth-order valence-electron chi connectivity index (χ4n) is 1.73. The van der Waals surface area contributed by atoms with Crippen LogP contribution in [0.25, 0.3) is 10.9 Å². The van der Waals surface area contributed by atoms with Crippen molar-refractivity contribution in [2.24, 2.45) is 0 Å². The van der Waals surface area contributed by atoms with Crippen LogP contribution >= 0.6 is 0 Å². The van der Waals surface area contributed by atoms with E-state index >= 15 is 0 Å². The van der Waals surface area contributed by atoms with E-state index in [0.29, 0.717) is 0 Å². The summed E-state index contributed by atoms with van der Waals surface area (Å²) in [5.74, 6) is 0. The Labute approximate surface area is 90.4 Å². The van der Waals surface area contributed by atoms with Gasteiger partial charge in [0, 0.05) is 17.8 Å². The quantitative estimate of drug-likeness (QED) is 0.743. The van der Waals surface area contributed by atoms with Gasteiger partial charge in [-0.25, -0.2) is 0 Å². The summed E-state index contributed by atoms with van der Waals surface area (Å²) in [6.07, 6.45) is 6.70. The number of rotatable bonds is 2. The summed E-state index contributed by atoms with van der Waals surface area (Å²) in [5.41, 5.74) is 2.43. The molecule has 0 bridgehead atoms. The van der Waals surface area contributed by atoms with Crippen LogP contribution in [0.2, 0.25) is 0 Å². The molecule has 0 saturated carbocycles. The number of fused-ring (bicyclic) bond motifs is 1. The summed E-state index contributed by atoms with van der Waals surface area (Å²) in [4.78, 5) is 8.59. The molecule has 0 spiro atoms. The monoisotopic (exact) mass is 200 g/mol. The molecule has 78 valence electrons. The predicted molar refractivity (Wildman–Crippen MR) is 62.9 cm³/mol. The number of aromatic nitrogens is 2. The molecule has 0 N–H and O–H groups in total. The maximum absolute atomic E-state index is 4.33. The van der Waals surface area contributed by atoms with Gasteiger partial charge in [0.2, 0.25) is 0 Å². The van der Waals surface area contributed by atoms with E-state index in [0.717, 1.165) is 11.9 Å². The van der Waals surface area contributed by atoms with Gasteiger partial charge in [0.1, 0.15) is 0 Å². The molecule has 0 aliphatic heterocycles. The standard InChI is InChI=1S/C13H16N2/c1-4-13(2,3)11-8-14-9-12-10(11)6-5-7-15-12/h5-9H,4H2,1-3H3. The minimum absolute atomic E-state index is 0.162. The van der Waals surface area contributed by atoms with Crippen molar-refractivity contribution < 1.29 is 0 Å². The Balaban J connectivity index is 2.71. The van der Waals surface area contributed by atoms with Crippen LogP contribution in [0.3, 0.4) is 0 Å². The third kappa shape index (κ3) is 1.72. The minimum Gasteiger partial charge on any atom is -0.262 e. The van der Waals surface area contributed by atoms with Crippen molar-refractivity contribution in [2.75, 3.05) is 0 Å². The van der Waals surface area contributed by atoms with Gasteiger partial charge in [-0.15, -0.1) is 0 Å². The molecule has 0 atom stereocenters. The van der Waals surface area contributed by atoms with E-state index in [1.54, 1.807) is 0 Å². The van der Waals surface area contributed by atoms with Crippen LogP contribution in [-0.4, -0.2) is 9.97 Å². The summed E-state index contributed by atoms with van der Waals surface area (Å²) in [7, 11) is 0. The number of hydrogen-bond donors (Lipinski definition) is 0. The van der Waals surface area contributed by atoms with Crippen molar-refractivity contribution in [3.63, 3.8) is 0 Å². The Morgan fingerprint density at radius 1 is 1.27 bits per heavy atom. The van der Waals surface area contributed by atoms with Gasteiger partial charge >= 0.3 is 0 Å². The van der Waals surface area contributed by atoms with Crippen LogP contribution in [0, 0.1) is 0 Å². The van der Waals surface area contributed by atoms with E-state index in [1.807, 2.05) is 24.7 Å². The van der Waals surface area contributed by atoms with E-state index in [1.165, 1.54) is 10.9 Å². The Hall–Kier alpha value is -1.44. The fourth-order valence-corrected chi connectivity index (χ4v) is 1.73. The Morgan fingerprint density at radius 2 is 2.07 bits per heavy atom. The first-order valence-corrected chi connectivity index (χ1v) is 5.34. The molecule has 2 aromatic heterocycles. The maximum Gasteiger partial charge on any atom is 0.0888 e. The summed E-state index contributed by atoms with van der Waals surface area (Å²) in [6.45, 7) is 6.70. The molecule has 0 aromatic carbocycles. The van der Waals surface area contributed by atoms with Crippen LogP contribution in [0.4, 0.5) is 0 Å². The highest BCUT2D eigenvalue weighted by Crippen LogP contribution is 2.30. The summed E-state index contributed by atoms with van der Waals surface area (Å²) in [5, 5.41) is 1.22. The van der Waals surface area contributed by atoms with Gasteiger partial charge in [-0.05, 0) is 23.5 Å². The Kier molecular flexibility index (Phi) is 2.43. The molecule has 0 fully saturated rings. The largest absolute Gasteiger partial charge is 0.262 e. The lowest BCUT2D eigenvalue weighted by Gasteiger charge is -2.24. The van der Waals surface area contributed by atoms with E-state index < -0.39 is 0 Å². The molecule has 0 unspecified atom stereocenters. The van der Waals surface area contributed by atoms with Crippen molar-refractivity contribution in [2.45, 2.75) is 32.6 Å². The number of nitrogens with zero attached hydrogens (tertiary/aromatic N) is 2. The molecule has 0 amide bonds. The molecule has 2 heterocycles. The molecular weight excluding hydrogens is 184 g/mol. The van der Waals surface area contributed by atoms with Gasteiger partial charge < -0.3 is 0 Å². The molecule has 0 aliphatic carbocycles. The SMILES string of the molecule is CCC(C)(C)c1cncc2ncccc12. The molecule has 2 aromatic rings. The first kappa shape index (κ1) is 10.1. The van der Waals surface area contributed by atoms with Crippen LogP contribution in [0.1, 0.15) is 32.8 Å². The summed E-state index contributed by atoms with van der Waals surface area (Å²) < 4.78 is 0. The second-order valence-corrected chi connectivity index (χ2v) is 4.49. The smallest absolute Gasteiger partial charge is 0.0888 e. The molecule has 0 aliphatic rings. The zero-order valence-corrected chi connectivity index (χ0v) is 9.49. The van der Waals surface area contributed by atoms with E-state index in [4.69, 9.17) is 0 Å². The van der Waals surface area contributed by atoms with Crippen LogP contribution in [-0.2, 0) is 5.41 Å². The second kappa shape index (κ2) is 3.61. The number of hydrogen-bond acceptors (Lipinski definition) is 2. The van der Waals surface area contributed by atoms with Crippen molar-refractivity contribution >= 4 is 10.9 Å². The van der Waals surface area contributed by atoms with E-state index in [9.17, 15) is 0 Å². The minimum atomic E-state index is 0.162. The van der Waals surface area contributed by atoms with Gasteiger partial charge in [0.05, 0.1) is 11.7 Å². The van der Waals surface area contributed by atoms with Gasteiger partial charge in [0.25, 0.3) is 0 Å². The van der Waals surface area contributed by atoms with Gasteiger partial charge in [0.15, 0.2) is 0 Å². The molecular formula is C13H16N2. The van der Waals surface area contributed by atoms with Crippen LogP contribution in [0.15, 0.2) is 30.7 Å². The molecule has 0 saturated heterocycles. The van der Waals surface area contributed by atoms with Crippen molar-refractivity contribution in [3.05, 3.63) is 36.3 Å². The van der Waals surface area contributed by atoms with Gasteiger partial charge in [-0.2, -0.15) is 0 Å². The maximum atomic E-state index is 4.33. The third-order valence-corrected chi connectivity index (χ3v) is 3.14. The van der Waals surface area contributed by atoms with E-state index in [2.05, 4.69) is 36.8 Å². The number of pyridine rings is 2. The van der Waals surface area contributed by atoms with Gasteiger partial charge in [-0.1, -0.05) is 26.8 Å². The van der Waals surface area contributed by atoms with Crippen LogP contribution in [0.5, 0.6) is 0 Å². The lowest BCUT2D eigenvalue weighted by molar-refractivity contribution is 0.509. The summed E-state index contributed by atoms with van der Waals surface area (Å²) in [6, 6.07) is 4.11. The van der Waals surface area contributed by atoms with Crippen LogP contribution < -0.4 is 0 Å². The van der Waals surface area contributed by atoms with Crippen molar-refractivity contribution in [1.82, 2.24) is 9.97 Å². The molecule has 0 radical (unpaired) electrons. The first-order chi connectivity index (χ1) is 7.15. The third-order valence-electron chi connectivity index (χ3n) is 3.14. The topological polar surface area (TPSA) is 25.8 Å². The zero-order valence-electron chi connectivity index (χ0n) is 9.49. The first-order valence-electron chi connectivity index (χ1n) is 5.34. The highest BCUT2D eigenvalue weighted by molar-refractivity contribution is 5.81. The normalized spacial score (nSPS) is 11.9. The molecule has 2 nitrogen and oxygen atoms in total. The average molecular weight is 200 g/mol. The Morgan fingerprint density at radius 3 is 2.80 bits per heavy atom. The molecule has 2 rings (SSSR count). The van der Waals surface area contributed by atoms with Crippen molar-refractivity contribution in [1.29, 1.82) is 0 Å². The Bertz CT molecular complexity index is 469. The average Bonchev–Trinajstić information content (AvgIpc) is 2.28. The highest BCUT2D eigenvalue weighted by Gasteiger charge is 2.20. The molecule has 15 heavy (non-hydrogen) atoms. The zero-order chi connectivity index (χ0) is 10.9. The highest BCUT2D eigenvalue weighted by atomic mass is 14.7. The van der Waals surface area contributed by atoms with Gasteiger partial charge in [-0.3, -0.25) is 9.97 Å². The fraction of sp³-hybridized carbons (Fsp3) is 0.385. The predicted octanol–water partition coefficient (Wildman–Crippen LogP) is 3.32. The van der Waals surface area contributed by atoms with E-state index in [-0.39, 0.29) is 5.41 Å². The lowest BCUT2D eigenvalue weighted by atomic mass is 9.81. The summed E-state index contributed by atoms with van der Waals surface area (Å²) >= 11 is 0. The lowest BCUT2D eigenvalue weighted by Crippen LogP contribution is -2.16. The molecule has 2 heteroatoms. The van der Waals surface area contributed by atoms with Crippen molar-refractivity contribution in [3.8, 4) is 0 Å².